The molecule has 2 aliphatic rings. The smallest absolute Gasteiger partial charge is 0.237 e. The molecular weight excluding hydrogens is 295 g/mol. The fourth-order valence-corrected chi connectivity index (χ4v) is 3.67. The van der Waals surface area contributed by atoms with E-state index in [0.717, 1.165) is 18.4 Å². The second kappa shape index (κ2) is 6.21. The number of rotatable bonds is 4. The Hall–Kier alpha value is -1.46. The molecule has 0 bridgehead atoms. The monoisotopic (exact) mass is 320 g/mol. The lowest BCUT2D eigenvalue weighted by Crippen LogP contribution is -2.52. The lowest BCUT2D eigenvalue weighted by atomic mass is 9.75. The summed E-state index contributed by atoms with van der Waals surface area (Å²) in [5.74, 6) is -0.156. The highest BCUT2D eigenvalue weighted by Gasteiger charge is 2.49. The average Bonchev–Trinajstić information content (AvgIpc) is 2.82. The van der Waals surface area contributed by atoms with Crippen LogP contribution in [0, 0.1) is 11.2 Å². The van der Waals surface area contributed by atoms with E-state index in [1.807, 2.05) is 6.07 Å². The zero-order valence-electron chi connectivity index (χ0n) is 13.8. The Balaban J connectivity index is 1.71. The molecule has 5 heteroatoms. The largest absolute Gasteiger partial charge is 0.381 e. The van der Waals surface area contributed by atoms with E-state index in [2.05, 4.69) is 24.5 Å². The zero-order chi connectivity index (χ0) is 16.5. The molecule has 3 rings (SSSR count). The predicted molar refractivity (Wildman–Crippen MR) is 86.7 cm³/mol. The third-order valence-electron chi connectivity index (χ3n) is 5.33. The van der Waals surface area contributed by atoms with E-state index < -0.39 is 0 Å². The van der Waals surface area contributed by atoms with E-state index in [9.17, 15) is 9.18 Å². The molecule has 0 saturated carbocycles. The van der Waals surface area contributed by atoms with E-state index in [0.29, 0.717) is 26.3 Å². The van der Waals surface area contributed by atoms with Crippen molar-refractivity contribution in [3.63, 3.8) is 0 Å². The van der Waals surface area contributed by atoms with Crippen LogP contribution in [0.2, 0.25) is 0 Å². The quantitative estimate of drug-likeness (QED) is 0.892. The summed E-state index contributed by atoms with van der Waals surface area (Å²) in [6.07, 6.45) is 1.79. The van der Waals surface area contributed by atoms with Crippen LogP contribution in [0.1, 0.15) is 32.3 Å². The molecule has 1 aromatic carbocycles. The minimum absolute atomic E-state index is 0.0483. The summed E-state index contributed by atoms with van der Waals surface area (Å²) in [4.78, 5) is 12.3. The molecule has 4 nitrogen and oxygen atoms in total. The van der Waals surface area contributed by atoms with Crippen LogP contribution in [-0.2, 0) is 14.9 Å². The van der Waals surface area contributed by atoms with Crippen molar-refractivity contribution in [2.24, 2.45) is 5.41 Å². The van der Waals surface area contributed by atoms with E-state index in [4.69, 9.17) is 4.74 Å². The van der Waals surface area contributed by atoms with Gasteiger partial charge in [-0.05, 0) is 30.5 Å². The first-order chi connectivity index (χ1) is 10.9. The van der Waals surface area contributed by atoms with Crippen molar-refractivity contribution in [1.82, 2.24) is 10.6 Å². The van der Waals surface area contributed by atoms with Crippen LogP contribution in [0.25, 0.3) is 0 Å². The van der Waals surface area contributed by atoms with Gasteiger partial charge in [0.15, 0.2) is 0 Å². The molecule has 126 valence electrons. The maximum absolute atomic E-state index is 13.5. The lowest BCUT2D eigenvalue weighted by molar-refractivity contribution is -0.122. The van der Waals surface area contributed by atoms with Gasteiger partial charge in [0, 0.05) is 37.1 Å². The van der Waals surface area contributed by atoms with Crippen molar-refractivity contribution >= 4 is 5.91 Å². The summed E-state index contributed by atoms with van der Waals surface area (Å²) in [7, 11) is 0. The van der Waals surface area contributed by atoms with Crippen LogP contribution in [0.5, 0.6) is 0 Å². The standard InChI is InChI=1S/C18H25FN2O2/c1-17(2,13-4-3-5-14(19)10-13)11-20-15-16(22)21-12-18(15)6-8-23-9-7-18/h3-5,10,15,20H,6-9,11-12H2,1-2H3,(H,21,22). The molecule has 2 N–H and O–H groups in total. The summed E-state index contributed by atoms with van der Waals surface area (Å²) in [5, 5.41) is 6.46. The molecule has 1 aromatic rings. The Morgan fingerprint density at radius 1 is 1.39 bits per heavy atom. The van der Waals surface area contributed by atoms with Gasteiger partial charge < -0.3 is 15.4 Å². The molecular formula is C18H25FN2O2. The molecule has 2 saturated heterocycles. The fraction of sp³-hybridized carbons (Fsp3) is 0.611. The number of carbonyl (C=O) groups is 1. The second-order valence-electron chi connectivity index (χ2n) is 7.40. The number of halogens is 1. The molecule has 1 spiro atoms. The van der Waals surface area contributed by atoms with E-state index in [1.165, 1.54) is 6.07 Å². The SMILES string of the molecule is CC(C)(CNC1C(=O)NCC12CCOCC2)c1cccc(F)c1. The third-order valence-corrected chi connectivity index (χ3v) is 5.33. The van der Waals surface area contributed by atoms with Crippen molar-refractivity contribution in [3.8, 4) is 0 Å². The number of ether oxygens (including phenoxy) is 1. The molecule has 23 heavy (non-hydrogen) atoms. The van der Waals surface area contributed by atoms with Crippen LogP contribution >= 0.6 is 0 Å². The first-order valence-electron chi connectivity index (χ1n) is 8.28. The van der Waals surface area contributed by atoms with Crippen LogP contribution in [0.15, 0.2) is 24.3 Å². The maximum atomic E-state index is 13.5. The van der Waals surface area contributed by atoms with Gasteiger partial charge in [-0.2, -0.15) is 0 Å². The minimum atomic E-state index is -0.253. The lowest BCUT2D eigenvalue weighted by Gasteiger charge is -2.38. The van der Waals surface area contributed by atoms with Crippen LogP contribution in [-0.4, -0.2) is 38.3 Å². The van der Waals surface area contributed by atoms with Gasteiger partial charge in [0.2, 0.25) is 5.91 Å². The van der Waals surface area contributed by atoms with Gasteiger partial charge in [0.25, 0.3) is 0 Å². The summed E-state index contributed by atoms with van der Waals surface area (Å²) in [6, 6.07) is 6.49. The van der Waals surface area contributed by atoms with Crippen molar-refractivity contribution in [2.75, 3.05) is 26.3 Å². The Morgan fingerprint density at radius 3 is 2.83 bits per heavy atom. The highest BCUT2D eigenvalue weighted by molar-refractivity contribution is 5.85. The number of benzene rings is 1. The Kier molecular flexibility index (Phi) is 4.43. The second-order valence-corrected chi connectivity index (χ2v) is 7.40. The molecule has 0 aliphatic carbocycles. The summed E-state index contributed by atoms with van der Waals surface area (Å²) in [6.45, 7) is 6.89. The molecule has 2 heterocycles. The number of amides is 1. The van der Waals surface area contributed by atoms with Gasteiger partial charge in [-0.1, -0.05) is 26.0 Å². The first kappa shape index (κ1) is 16.4. The van der Waals surface area contributed by atoms with Gasteiger partial charge in [-0.25, -0.2) is 4.39 Å². The summed E-state index contributed by atoms with van der Waals surface area (Å²) >= 11 is 0. The number of hydrogen-bond acceptors (Lipinski definition) is 3. The molecule has 2 aliphatic heterocycles. The van der Waals surface area contributed by atoms with Crippen molar-refractivity contribution in [1.29, 1.82) is 0 Å². The topological polar surface area (TPSA) is 50.4 Å². The molecule has 2 fully saturated rings. The van der Waals surface area contributed by atoms with Crippen molar-refractivity contribution in [3.05, 3.63) is 35.6 Å². The molecule has 1 amide bonds. The molecule has 0 aromatic heterocycles. The third kappa shape index (κ3) is 3.26. The Labute approximate surface area is 136 Å². The van der Waals surface area contributed by atoms with Crippen LogP contribution in [0.3, 0.4) is 0 Å². The van der Waals surface area contributed by atoms with Gasteiger partial charge in [0.05, 0.1) is 6.04 Å². The fourth-order valence-electron chi connectivity index (χ4n) is 3.67. The number of hydrogen-bond donors (Lipinski definition) is 2. The van der Waals surface area contributed by atoms with Crippen LogP contribution in [0.4, 0.5) is 4.39 Å². The zero-order valence-corrected chi connectivity index (χ0v) is 13.8. The summed E-state index contributed by atoms with van der Waals surface area (Å²) in [5.41, 5.74) is 0.634. The van der Waals surface area contributed by atoms with Gasteiger partial charge in [0.1, 0.15) is 5.82 Å². The molecule has 1 atom stereocenters. The van der Waals surface area contributed by atoms with Crippen molar-refractivity contribution < 1.29 is 13.9 Å². The minimum Gasteiger partial charge on any atom is -0.381 e. The van der Waals surface area contributed by atoms with Gasteiger partial charge in [-0.3, -0.25) is 4.79 Å². The van der Waals surface area contributed by atoms with E-state index >= 15 is 0 Å². The normalized spacial score (nSPS) is 24.0. The number of carbonyl (C=O) groups excluding carboxylic acids is 1. The highest BCUT2D eigenvalue weighted by atomic mass is 19.1. The molecule has 0 radical (unpaired) electrons. The van der Waals surface area contributed by atoms with E-state index in [1.54, 1.807) is 12.1 Å². The Bertz CT molecular complexity index is 582. The number of nitrogens with one attached hydrogen (secondary N) is 2. The predicted octanol–water partition coefficient (Wildman–Crippen LogP) is 1.99. The Morgan fingerprint density at radius 2 is 2.13 bits per heavy atom. The first-order valence-corrected chi connectivity index (χ1v) is 8.28. The maximum Gasteiger partial charge on any atom is 0.237 e. The van der Waals surface area contributed by atoms with Crippen LogP contribution < -0.4 is 10.6 Å². The summed E-state index contributed by atoms with van der Waals surface area (Å²) < 4.78 is 18.9. The van der Waals surface area contributed by atoms with Gasteiger partial charge in [-0.15, -0.1) is 0 Å². The molecule has 1 unspecified atom stereocenters. The van der Waals surface area contributed by atoms with Crippen molar-refractivity contribution in [2.45, 2.75) is 38.1 Å². The highest BCUT2D eigenvalue weighted by Crippen LogP contribution is 2.37. The van der Waals surface area contributed by atoms with Gasteiger partial charge >= 0.3 is 0 Å². The average molecular weight is 320 g/mol. The van der Waals surface area contributed by atoms with E-state index in [-0.39, 0.29) is 28.6 Å².